The molecule has 45 heavy (non-hydrogen) atoms. The van der Waals surface area contributed by atoms with Crippen molar-refractivity contribution in [2.45, 2.75) is 45.1 Å². The average Bonchev–Trinajstić information content (AvgIpc) is 3.60. The van der Waals surface area contributed by atoms with E-state index < -0.39 is 12.2 Å². The van der Waals surface area contributed by atoms with E-state index in [2.05, 4.69) is 10.3 Å². The summed E-state index contributed by atoms with van der Waals surface area (Å²) in [5, 5.41) is 6.94. The van der Waals surface area contributed by atoms with Crippen LogP contribution in [-0.4, -0.2) is 81.6 Å². The number of aromatic nitrogens is 1. The molecule has 0 spiro atoms. The minimum absolute atomic E-state index is 0.00519. The van der Waals surface area contributed by atoms with Gasteiger partial charge >= 0.3 is 6.03 Å². The van der Waals surface area contributed by atoms with Gasteiger partial charge in [0.25, 0.3) is 0 Å². The van der Waals surface area contributed by atoms with E-state index in [1.807, 2.05) is 84.7 Å². The van der Waals surface area contributed by atoms with E-state index in [0.29, 0.717) is 37.6 Å². The number of rotatable bonds is 10. The normalized spacial score (nSPS) is 18.4. The number of urea groups is 1. The van der Waals surface area contributed by atoms with Crippen LogP contribution in [0.15, 0.2) is 72.8 Å². The Labute approximate surface area is 266 Å². The molecule has 11 nitrogen and oxygen atoms in total. The van der Waals surface area contributed by atoms with Gasteiger partial charge in [0.1, 0.15) is 18.0 Å². The van der Waals surface area contributed by atoms with Crippen LogP contribution >= 0.6 is 11.3 Å². The van der Waals surface area contributed by atoms with Crippen molar-refractivity contribution >= 4 is 44.5 Å². The molecule has 3 aromatic carbocycles. The molecule has 4 aromatic rings. The van der Waals surface area contributed by atoms with Crippen LogP contribution in [0.4, 0.5) is 9.93 Å². The number of ether oxygens (including phenoxy) is 1. The molecule has 2 atom stereocenters. The quantitative estimate of drug-likeness (QED) is 0.274. The molecule has 2 fully saturated rings. The maximum absolute atomic E-state index is 14.2. The smallest absolute Gasteiger partial charge is 0.332 e. The van der Waals surface area contributed by atoms with Crippen molar-refractivity contribution in [1.29, 1.82) is 0 Å². The van der Waals surface area contributed by atoms with Gasteiger partial charge in [0, 0.05) is 26.1 Å². The number of nitrogens with zero attached hydrogens (tertiary/aromatic N) is 5. The third kappa shape index (κ3) is 6.29. The number of hydrogen-bond donors (Lipinski definition) is 2. The summed E-state index contributed by atoms with van der Waals surface area (Å²) in [6.07, 6.45) is 0.552. The summed E-state index contributed by atoms with van der Waals surface area (Å²) in [6, 6.07) is 22.1. The van der Waals surface area contributed by atoms with Crippen molar-refractivity contribution in [2.24, 2.45) is 0 Å². The maximum Gasteiger partial charge on any atom is 0.332 e. The molecule has 0 bridgehead atoms. The number of carbonyl (C=O) groups is 3. The fraction of sp³-hybridized carbons (Fsp3) is 0.333. The maximum atomic E-state index is 14.2. The largest absolute Gasteiger partial charge is 0.497 e. The summed E-state index contributed by atoms with van der Waals surface area (Å²) < 4.78 is 6.20. The van der Waals surface area contributed by atoms with Gasteiger partial charge in [0.05, 0.1) is 30.4 Å². The summed E-state index contributed by atoms with van der Waals surface area (Å²) in [5.41, 5.74) is 9.57. The van der Waals surface area contributed by atoms with Gasteiger partial charge in [-0.3, -0.25) is 14.6 Å². The SMILES string of the molecule is CCCN(C(=O)NCc1ccc(OC)cc1)N1CC(=O)N2[C@@H](Cc3ccccc3)C(=O)N(Cc3cccc4sc(N)nc34)C[C@@H]21. The molecule has 3 heterocycles. The molecule has 6 rings (SSSR count). The Kier molecular flexibility index (Phi) is 8.85. The van der Waals surface area contributed by atoms with E-state index in [0.717, 1.165) is 32.7 Å². The van der Waals surface area contributed by atoms with Crippen LogP contribution in [0.25, 0.3) is 10.2 Å². The fourth-order valence-electron chi connectivity index (χ4n) is 6.15. The Bertz CT molecular complexity index is 1680. The van der Waals surface area contributed by atoms with Gasteiger partial charge in [-0.05, 0) is 41.3 Å². The first-order valence-electron chi connectivity index (χ1n) is 15.1. The third-order valence-electron chi connectivity index (χ3n) is 8.30. The molecule has 2 aliphatic rings. The Morgan fingerprint density at radius 1 is 1.07 bits per heavy atom. The highest BCUT2D eigenvalue weighted by atomic mass is 32.1. The minimum Gasteiger partial charge on any atom is -0.497 e. The number of methoxy groups -OCH3 is 1. The van der Waals surface area contributed by atoms with Crippen LogP contribution in [0.2, 0.25) is 0 Å². The van der Waals surface area contributed by atoms with E-state index in [4.69, 9.17) is 10.5 Å². The van der Waals surface area contributed by atoms with Crippen molar-refractivity contribution in [3.05, 3.63) is 89.5 Å². The van der Waals surface area contributed by atoms with E-state index in [1.165, 1.54) is 11.3 Å². The summed E-state index contributed by atoms with van der Waals surface area (Å²) in [5.74, 6) is 0.438. The predicted molar refractivity (Wildman–Crippen MR) is 173 cm³/mol. The number of hydrogen-bond acceptors (Lipinski definition) is 8. The molecule has 1 aromatic heterocycles. The molecule has 12 heteroatoms. The van der Waals surface area contributed by atoms with Crippen LogP contribution in [-0.2, 0) is 29.1 Å². The second-order valence-electron chi connectivity index (χ2n) is 11.2. The van der Waals surface area contributed by atoms with Crippen molar-refractivity contribution in [3.8, 4) is 5.75 Å². The Morgan fingerprint density at radius 2 is 1.84 bits per heavy atom. The van der Waals surface area contributed by atoms with E-state index >= 15 is 0 Å². The lowest BCUT2D eigenvalue weighted by Gasteiger charge is -2.46. The number of benzene rings is 3. The van der Waals surface area contributed by atoms with Crippen LogP contribution in [0, 0.1) is 0 Å². The first-order valence-corrected chi connectivity index (χ1v) is 15.9. The molecule has 234 valence electrons. The average molecular weight is 628 g/mol. The number of nitrogens with one attached hydrogen (secondary N) is 1. The van der Waals surface area contributed by atoms with Gasteiger partial charge in [-0.25, -0.2) is 9.78 Å². The first-order chi connectivity index (χ1) is 21.9. The minimum atomic E-state index is -0.714. The van der Waals surface area contributed by atoms with Crippen LogP contribution in [0.3, 0.4) is 0 Å². The monoisotopic (exact) mass is 627 g/mol. The number of thiazole rings is 1. The van der Waals surface area contributed by atoms with Crippen molar-refractivity contribution in [1.82, 2.24) is 30.1 Å². The molecule has 0 unspecified atom stereocenters. The molecule has 2 saturated heterocycles. The third-order valence-corrected chi connectivity index (χ3v) is 9.15. The summed E-state index contributed by atoms with van der Waals surface area (Å²) in [6.45, 7) is 3.30. The molecule has 0 aliphatic carbocycles. The van der Waals surface area contributed by atoms with Gasteiger partial charge in [0.15, 0.2) is 5.13 Å². The Balaban J connectivity index is 1.29. The molecule has 4 amide bonds. The summed E-state index contributed by atoms with van der Waals surface area (Å²) >= 11 is 1.41. The Morgan fingerprint density at radius 3 is 2.58 bits per heavy atom. The molecular weight excluding hydrogens is 590 g/mol. The number of hydrazine groups is 1. The van der Waals surface area contributed by atoms with Crippen molar-refractivity contribution in [3.63, 3.8) is 0 Å². The fourth-order valence-corrected chi connectivity index (χ4v) is 6.94. The van der Waals surface area contributed by atoms with Crippen LogP contribution < -0.4 is 15.8 Å². The first kappa shape index (κ1) is 30.4. The second-order valence-corrected chi connectivity index (χ2v) is 12.3. The lowest BCUT2D eigenvalue weighted by molar-refractivity contribution is -0.157. The van der Waals surface area contributed by atoms with Crippen molar-refractivity contribution < 1.29 is 19.1 Å². The van der Waals surface area contributed by atoms with E-state index in [9.17, 15) is 14.4 Å². The van der Waals surface area contributed by atoms with Crippen LogP contribution in [0.1, 0.15) is 30.0 Å². The lowest BCUT2D eigenvalue weighted by atomic mass is 10.00. The Hall–Kier alpha value is -4.68. The highest BCUT2D eigenvalue weighted by Crippen LogP contribution is 2.32. The van der Waals surface area contributed by atoms with Gasteiger partial charge in [0.2, 0.25) is 11.8 Å². The van der Waals surface area contributed by atoms with Gasteiger partial charge in [-0.1, -0.05) is 72.9 Å². The predicted octanol–water partition coefficient (Wildman–Crippen LogP) is 3.85. The van der Waals surface area contributed by atoms with Gasteiger partial charge in [-0.2, -0.15) is 5.01 Å². The molecule has 2 aliphatic heterocycles. The number of nitrogens with two attached hydrogens (primary N) is 1. The zero-order chi connectivity index (χ0) is 31.5. The standard InChI is InChI=1S/C33H37N7O4S/c1-3-16-38(33(43)35-18-23-12-14-25(44-2)15-13-23)39-21-29(41)40-26(17-22-8-5-4-6-9-22)31(42)37(20-28(39)40)19-24-10-7-11-27-30(24)36-32(34)45-27/h4-15,26,28H,3,16-21H2,1-2H3,(H2,34,36)(H,35,43)/t26-,28+/m0/s1. The number of carbonyl (C=O) groups excluding carboxylic acids is 3. The van der Waals surface area contributed by atoms with Gasteiger partial charge in [-0.15, -0.1) is 0 Å². The van der Waals surface area contributed by atoms with Crippen molar-refractivity contribution in [2.75, 3.05) is 32.5 Å². The number of nitrogen functional groups attached to an aromatic ring is 1. The molecule has 3 N–H and O–H groups in total. The topological polar surface area (TPSA) is 124 Å². The summed E-state index contributed by atoms with van der Waals surface area (Å²) in [7, 11) is 1.61. The van der Waals surface area contributed by atoms with Gasteiger partial charge < -0.3 is 25.6 Å². The van der Waals surface area contributed by atoms with E-state index in [-0.39, 0.29) is 30.9 Å². The highest BCUT2D eigenvalue weighted by molar-refractivity contribution is 7.22. The number of fused-ring (bicyclic) bond motifs is 2. The zero-order valence-electron chi connectivity index (χ0n) is 25.4. The number of amides is 4. The highest BCUT2D eigenvalue weighted by Gasteiger charge is 2.52. The lowest BCUT2D eigenvalue weighted by Crippen LogP contribution is -2.66. The molecule has 0 radical (unpaired) electrons. The second kappa shape index (κ2) is 13.1. The molecular formula is C33H37N7O4S. The zero-order valence-corrected chi connectivity index (χ0v) is 26.2. The van der Waals surface area contributed by atoms with Crippen LogP contribution in [0.5, 0.6) is 5.75 Å². The summed E-state index contributed by atoms with van der Waals surface area (Å²) in [4.78, 5) is 49.6. The number of piperazine rings is 1. The number of anilines is 1. The molecule has 0 saturated carbocycles. The number of para-hydroxylation sites is 1. The van der Waals surface area contributed by atoms with E-state index in [1.54, 1.807) is 21.9 Å².